The first kappa shape index (κ1) is 29.1. The fraction of sp³-hybridized carbons (Fsp3) is 0. The van der Waals surface area contributed by atoms with Gasteiger partial charge in [-0.1, -0.05) is 115 Å². The van der Waals surface area contributed by atoms with Crippen LogP contribution in [0.3, 0.4) is 0 Å². The average Bonchev–Trinajstić information content (AvgIpc) is 3.90. The second-order valence-corrected chi connectivity index (χ2v) is 14.3. The molecule has 8 aromatic carbocycles. The Hall–Kier alpha value is -6.62. The summed E-state index contributed by atoms with van der Waals surface area (Å²) >= 11 is 1.84. The molecule has 0 aliphatic carbocycles. The van der Waals surface area contributed by atoms with Gasteiger partial charge in [-0.15, -0.1) is 11.3 Å². The van der Waals surface area contributed by atoms with Gasteiger partial charge >= 0.3 is 0 Å². The van der Waals surface area contributed by atoms with Crippen LogP contribution in [0.25, 0.3) is 86.3 Å². The van der Waals surface area contributed by atoms with Crippen molar-refractivity contribution in [1.29, 1.82) is 0 Å². The van der Waals surface area contributed by atoms with Gasteiger partial charge in [0.1, 0.15) is 22.3 Å². The van der Waals surface area contributed by atoms with Crippen LogP contribution in [0.5, 0.6) is 0 Å². The van der Waals surface area contributed by atoms with Crippen molar-refractivity contribution in [3.63, 3.8) is 0 Å². The molecule has 0 aliphatic heterocycles. The van der Waals surface area contributed by atoms with Crippen molar-refractivity contribution in [3.05, 3.63) is 176 Å². The molecule has 0 spiro atoms. The first-order valence-electron chi connectivity index (χ1n) is 17.5. The molecule has 244 valence electrons. The van der Waals surface area contributed by atoms with Crippen LogP contribution in [0.2, 0.25) is 0 Å². The zero-order chi connectivity index (χ0) is 34.2. The zero-order valence-electron chi connectivity index (χ0n) is 27.9. The molecule has 3 nitrogen and oxygen atoms in total. The van der Waals surface area contributed by atoms with E-state index >= 15 is 0 Å². The van der Waals surface area contributed by atoms with E-state index in [1.54, 1.807) is 0 Å². The first-order chi connectivity index (χ1) is 25.8. The normalized spacial score (nSPS) is 11.8. The number of benzene rings is 8. The predicted octanol–water partition coefficient (Wildman–Crippen LogP) is 14.7. The highest BCUT2D eigenvalue weighted by molar-refractivity contribution is 7.26. The van der Waals surface area contributed by atoms with Gasteiger partial charge in [0, 0.05) is 53.3 Å². The number of fused-ring (bicyclic) bond motifs is 10. The number of hydrogen-bond acceptors (Lipinski definition) is 4. The Labute approximate surface area is 303 Å². The SMILES string of the molecule is c1ccc(-c2ccc(N(c3ccc(-c4cccc5c4oc4c5ccc5oc6ccccc6c54)cc3)c3cccc4sc5ccccc5c34)cc2)cc1. The van der Waals surface area contributed by atoms with Crippen LogP contribution in [-0.4, -0.2) is 0 Å². The van der Waals surface area contributed by atoms with E-state index in [2.05, 4.69) is 163 Å². The van der Waals surface area contributed by atoms with E-state index in [4.69, 9.17) is 8.83 Å². The van der Waals surface area contributed by atoms with Gasteiger partial charge in [-0.05, 0) is 77.4 Å². The largest absolute Gasteiger partial charge is 0.456 e. The maximum absolute atomic E-state index is 6.79. The van der Waals surface area contributed by atoms with Crippen LogP contribution in [0, 0.1) is 0 Å². The summed E-state index contributed by atoms with van der Waals surface area (Å²) in [4.78, 5) is 2.39. The minimum atomic E-state index is 0.837. The van der Waals surface area contributed by atoms with Crippen LogP contribution in [0.1, 0.15) is 0 Å². The second-order valence-electron chi connectivity index (χ2n) is 13.2. The number of nitrogens with zero attached hydrogens (tertiary/aromatic N) is 1. The molecular weight excluding hydrogens is 655 g/mol. The molecule has 0 N–H and O–H groups in total. The van der Waals surface area contributed by atoms with E-state index in [1.165, 1.54) is 31.3 Å². The summed E-state index contributed by atoms with van der Waals surface area (Å²) in [6, 6.07) is 62.5. The van der Waals surface area contributed by atoms with E-state index in [0.29, 0.717) is 0 Å². The van der Waals surface area contributed by atoms with E-state index in [9.17, 15) is 0 Å². The molecule has 11 rings (SSSR count). The first-order valence-corrected chi connectivity index (χ1v) is 18.3. The van der Waals surface area contributed by atoms with Crippen LogP contribution in [0.15, 0.2) is 185 Å². The molecule has 0 aliphatic rings. The number of para-hydroxylation sites is 2. The molecule has 0 bridgehead atoms. The molecule has 0 amide bonds. The lowest BCUT2D eigenvalue weighted by atomic mass is 10.0. The number of thiophene rings is 1. The summed E-state index contributed by atoms with van der Waals surface area (Å²) in [5.41, 5.74) is 11.4. The minimum Gasteiger partial charge on any atom is -0.456 e. The average molecular weight is 684 g/mol. The molecule has 0 saturated carbocycles. The fourth-order valence-corrected chi connectivity index (χ4v) is 9.01. The molecule has 3 aromatic heterocycles. The lowest BCUT2D eigenvalue weighted by Crippen LogP contribution is -2.10. The molecule has 0 unspecified atom stereocenters. The maximum atomic E-state index is 6.79. The van der Waals surface area contributed by atoms with Crippen LogP contribution in [-0.2, 0) is 0 Å². The number of furan rings is 2. The third-order valence-corrected chi connectivity index (χ3v) is 11.4. The number of rotatable bonds is 5. The van der Waals surface area contributed by atoms with Gasteiger partial charge in [0.25, 0.3) is 0 Å². The van der Waals surface area contributed by atoms with Gasteiger partial charge in [-0.3, -0.25) is 0 Å². The van der Waals surface area contributed by atoms with E-state index in [-0.39, 0.29) is 0 Å². The van der Waals surface area contributed by atoms with Crippen LogP contribution < -0.4 is 4.90 Å². The molecule has 3 heterocycles. The van der Waals surface area contributed by atoms with E-state index in [0.717, 1.165) is 72.1 Å². The lowest BCUT2D eigenvalue weighted by Gasteiger charge is -2.27. The molecule has 11 aromatic rings. The summed E-state index contributed by atoms with van der Waals surface area (Å²) in [7, 11) is 0. The molecule has 4 heteroatoms. The van der Waals surface area contributed by atoms with Crippen LogP contribution in [0.4, 0.5) is 17.1 Å². The van der Waals surface area contributed by atoms with Gasteiger partial charge in [-0.2, -0.15) is 0 Å². The quantitative estimate of drug-likeness (QED) is 0.181. The second kappa shape index (κ2) is 11.5. The topological polar surface area (TPSA) is 29.5 Å². The van der Waals surface area contributed by atoms with Gasteiger partial charge in [0.15, 0.2) is 0 Å². The van der Waals surface area contributed by atoms with Crippen molar-refractivity contribution >= 4 is 92.4 Å². The van der Waals surface area contributed by atoms with E-state index in [1.807, 2.05) is 29.5 Å². The standard InChI is InChI=1S/C48H29NO2S/c1-2-10-30(11-3-1)31-20-24-33(25-21-31)49(40-16-9-19-44-45(40)39-13-5-7-18-43(39)52-44)34-26-22-32(23-27-34)35-14-8-15-36-37-28-29-42-46(48(37)51-47(35)36)38-12-4-6-17-41(38)50-42/h1-29H. The lowest BCUT2D eigenvalue weighted by molar-refractivity contribution is 0.663. The predicted molar refractivity (Wildman–Crippen MR) is 219 cm³/mol. The van der Waals surface area contributed by atoms with Gasteiger partial charge in [0.05, 0.1) is 11.1 Å². The smallest absolute Gasteiger partial charge is 0.147 e. The Balaban J connectivity index is 1.07. The highest BCUT2D eigenvalue weighted by Gasteiger charge is 2.21. The molecule has 0 radical (unpaired) electrons. The monoisotopic (exact) mass is 683 g/mol. The minimum absolute atomic E-state index is 0.837. The molecule has 0 fully saturated rings. The van der Waals surface area contributed by atoms with Crippen molar-refractivity contribution in [1.82, 2.24) is 0 Å². The van der Waals surface area contributed by atoms with Crippen molar-refractivity contribution in [2.45, 2.75) is 0 Å². The third kappa shape index (κ3) is 4.45. The highest BCUT2D eigenvalue weighted by Crippen LogP contribution is 2.46. The van der Waals surface area contributed by atoms with Crippen LogP contribution >= 0.6 is 11.3 Å². The number of anilines is 3. The van der Waals surface area contributed by atoms with Gasteiger partial charge in [0.2, 0.25) is 0 Å². The van der Waals surface area contributed by atoms with Gasteiger partial charge < -0.3 is 13.7 Å². The van der Waals surface area contributed by atoms with Gasteiger partial charge in [-0.25, -0.2) is 0 Å². The van der Waals surface area contributed by atoms with Crippen molar-refractivity contribution in [2.75, 3.05) is 4.90 Å². The Morgan fingerprint density at radius 3 is 1.83 bits per heavy atom. The Kier molecular flexibility index (Phi) is 6.42. The summed E-state index contributed by atoms with van der Waals surface area (Å²) < 4.78 is 15.5. The maximum Gasteiger partial charge on any atom is 0.147 e. The third-order valence-electron chi connectivity index (χ3n) is 10.3. The Morgan fingerprint density at radius 2 is 1.00 bits per heavy atom. The molecule has 0 atom stereocenters. The summed E-state index contributed by atoms with van der Waals surface area (Å²) in [6.45, 7) is 0. The fourth-order valence-electron chi connectivity index (χ4n) is 7.89. The van der Waals surface area contributed by atoms with Crippen molar-refractivity contribution in [2.24, 2.45) is 0 Å². The molecule has 0 saturated heterocycles. The molecule has 52 heavy (non-hydrogen) atoms. The zero-order valence-corrected chi connectivity index (χ0v) is 28.7. The number of hydrogen-bond donors (Lipinski definition) is 0. The molecular formula is C48H29NO2S. The van der Waals surface area contributed by atoms with E-state index < -0.39 is 0 Å². The highest BCUT2D eigenvalue weighted by atomic mass is 32.1. The summed E-state index contributed by atoms with van der Waals surface area (Å²) in [6.07, 6.45) is 0. The van der Waals surface area contributed by atoms with Crippen molar-refractivity contribution in [3.8, 4) is 22.3 Å². The summed E-state index contributed by atoms with van der Waals surface area (Å²) in [5, 5.41) is 6.82. The van der Waals surface area contributed by atoms with Crippen molar-refractivity contribution < 1.29 is 8.83 Å². The Bertz CT molecular complexity index is 3110. The Morgan fingerprint density at radius 1 is 0.365 bits per heavy atom. The summed E-state index contributed by atoms with van der Waals surface area (Å²) in [5.74, 6) is 0.